The second-order valence-corrected chi connectivity index (χ2v) is 7.85. The Morgan fingerprint density at radius 2 is 1.91 bits per heavy atom. The number of fused-ring (bicyclic) bond motifs is 1. The predicted octanol–water partition coefficient (Wildman–Crippen LogP) is 3.11. The Labute approximate surface area is 194 Å². The Balaban J connectivity index is 1.48. The summed E-state index contributed by atoms with van der Waals surface area (Å²) in [5.41, 5.74) is 0.636. The number of nitrogens with zero attached hydrogens (tertiary/aromatic N) is 5. The van der Waals surface area contributed by atoms with Crippen molar-refractivity contribution in [3.8, 4) is 28.4 Å². The van der Waals surface area contributed by atoms with Crippen LogP contribution in [0.4, 0.5) is 10.3 Å². The molecule has 0 spiro atoms. The number of aromatic hydroxyl groups is 1. The third-order valence-electron chi connectivity index (χ3n) is 4.89. The van der Waals surface area contributed by atoms with Crippen LogP contribution in [0.1, 0.15) is 10.5 Å². The average Bonchev–Trinajstić information content (AvgIpc) is 3.40. The van der Waals surface area contributed by atoms with Crippen LogP contribution in [0.3, 0.4) is 0 Å². The van der Waals surface area contributed by atoms with Gasteiger partial charge < -0.3 is 9.84 Å². The summed E-state index contributed by atoms with van der Waals surface area (Å²) in [5, 5.41) is 22.8. The number of hydrogen-bond acceptors (Lipinski definition) is 8. The van der Waals surface area contributed by atoms with Crippen molar-refractivity contribution in [3.05, 3.63) is 81.8 Å². The molecule has 12 heteroatoms. The van der Waals surface area contributed by atoms with E-state index in [2.05, 4.69) is 20.5 Å². The van der Waals surface area contributed by atoms with Crippen molar-refractivity contribution in [2.75, 3.05) is 12.4 Å². The van der Waals surface area contributed by atoms with E-state index in [4.69, 9.17) is 4.74 Å². The predicted molar refractivity (Wildman–Crippen MR) is 122 cm³/mol. The number of amides is 1. The van der Waals surface area contributed by atoms with Crippen molar-refractivity contribution in [1.29, 1.82) is 0 Å². The highest BCUT2D eigenvalue weighted by Gasteiger charge is 2.21. The van der Waals surface area contributed by atoms with Crippen LogP contribution < -0.4 is 15.6 Å². The van der Waals surface area contributed by atoms with Crippen molar-refractivity contribution in [1.82, 2.24) is 24.4 Å². The van der Waals surface area contributed by atoms with Gasteiger partial charge in [-0.15, -0.1) is 16.4 Å². The van der Waals surface area contributed by atoms with Gasteiger partial charge in [0.25, 0.3) is 17.4 Å². The van der Waals surface area contributed by atoms with Crippen LogP contribution in [0.2, 0.25) is 0 Å². The lowest BCUT2D eigenvalue weighted by Gasteiger charge is -2.11. The lowest BCUT2D eigenvalue weighted by atomic mass is 10.2. The topological polar surface area (TPSA) is 124 Å². The first-order valence-electron chi connectivity index (χ1n) is 9.83. The van der Waals surface area contributed by atoms with Gasteiger partial charge in [0, 0.05) is 17.0 Å². The first kappa shape index (κ1) is 21.3. The minimum atomic E-state index is -0.817. The highest BCUT2D eigenvalue weighted by Crippen LogP contribution is 2.26. The SMILES string of the molecule is COc1ccccc1-n1nc(C(=O)Nc2nc3scc(-c4ccc(F)cc4)n3n2)c(O)cc1=O. The van der Waals surface area contributed by atoms with Crippen molar-refractivity contribution in [3.63, 3.8) is 0 Å². The van der Waals surface area contributed by atoms with E-state index >= 15 is 0 Å². The lowest BCUT2D eigenvalue weighted by molar-refractivity contribution is 0.101. The lowest BCUT2D eigenvalue weighted by Crippen LogP contribution is -2.25. The molecule has 170 valence electrons. The first-order chi connectivity index (χ1) is 16.4. The number of ether oxygens (including phenoxy) is 1. The van der Waals surface area contributed by atoms with Gasteiger partial charge in [0.1, 0.15) is 17.3 Å². The van der Waals surface area contributed by atoms with Gasteiger partial charge >= 0.3 is 0 Å². The average molecular weight is 478 g/mol. The fraction of sp³-hybridized carbons (Fsp3) is 0.0455. The molecule has 0 atom stereocenters. The van der Waals surface area contributed by atoms with E-state index < -0.39 is 22.9 Å². The van der Waals surface area contributed by atoms with Gasteiger partial charge in [0.15, 0.2) is 11.4 Å². The molecule has 1 amide bonds. The Bertz CT molecular complexity index is 1590. The second-order valence-electron chi connectivity index (χ2n) is 7.01. The molecule has 3 aromatic heterocycles. The summed E-state index contributed by atoms with van der Waals surface area (Å²) in [6, 6.07) is 13.4. The van der Waals surface area contributed by atoms with Gasteiger partial charge in [0.2, 0.25) is 4.96 Å². The molecule has 2 aromatic carbocycles. The number of hydrogen-bond donors (Lipinski definition) is 2. The third-order valence-corrected chi connectivity index (χ3v) is 5.70. The number of aromatic nitrogens is 5. The van der Waals surface area contributed by atoms with Gasteiger partial charge in [-0.3, -0.25) is 14.9 Å². The molecule has 0 unspecified atom stereocenters. The van der Waals surface area contributed by atoms with Crippen LogP contribution in [0, 0.1) is 5.82 Å². The molecule has 5 rings (SSSR count). The molecule has 0 saturated carbocycles. The van der Waals surface area contributed by atoms with Crippen LogP contribution in [0.25, 0.3) is 21.9 Å². The quantitative estimate of drug-likeness (QED) is 0.398. The summed E-state index contributed by atoms with van der Waals surface area (Å²) in [4.78, 5) is 30.0. The van der Waals surface area contributed by atoms with E-state index in [9.17, 15) is 19.1 Å². The molecule has 5 aromatic rings. The number of para-hydroxylation sites is 2. The summed E-state index contributed by atoms with van der Waals surface area (Å²) in [6.45, 7) is 0. The zero-order valence-corrected chi connectivity index (χ0v) is 18.3. The van der Waals surface area contributed by atoms with Crippen molar-refractivity contribution >= 4 is 28.2 Å². The summed E-state index contributed by atoms with van der Waals surface area (Å²) >= 11 is 1.29. The Morgan fingerprint density at radius 1 is 1.15 bits per heavy atom. The zero-order chi connectivity index (χ0) is 23.8. The number of rotatable bonds is 5. The molecule has 0 fully saturated rings. The molecule has 0 aliphatic heterocycles. The van der Waals surface area contributed by atoms with E-state index in [1.165, 1.54) is 35.1 Å². The number of carbonyl (C=O) groups is 1. The monoisotopic (exact) mass is 478 g/mol. The van der Waals surface area contributed by atoms with Gasteiger partial charge in [0.05, 0.1) is 12.8 Å². The molecule has 0 radical (unpaired) electrons. The van der Waals surface area contributed by atoms with Gasteiger partial charge in [-0.05, 0) is 36.4 Å². The maximum Gasteiger partial charge on any atom is 0.282 e. The number of anilines is 1. The van der Waals surface area contributed by atoms with Crippen molar-refractivity contribution in [2.24, 2.45) is 0 Å². The number of thiazole rings is 1. The van der Waals surface area contributed by atoms with E-state index in [0.717, 1.165) is 16.3 Å². The van der Waals surface area contributed by atoms with Gasteiger partial charge in [-0.2, -0.15) is 14.8 Å². The van der Waals surface area contributed by atoms with E-state index in [1.54, 1.807) is 36.4 Å². The zero-order valence-electron chi connectivity index (χ0n) is 17.5. The molecule has 10 nitrogen and oxygen atoms in total. The Hall–Kier alpha value is -4.58. The summed E-state index contributed by atoms with van der Waals surface area (Å²) in [5.74, 6) is -1.44. The molecule has 2 N–H and O–H groups in total. The third kappa shape index (κ3) is 3.75. The standard InChI is InChI=1S/C22H15FN6O4S/c1-33-17-5-3-2-4-14(17)28-18(31)10-16(30)19(26-28)20(32)24-21-25-22-29(27-21)15(11-34-22)12-6-8-13(23)9-7-12/h2-11,30H,1H3,(H,24,27,32). The molecule has 3 heterocycles. The Morgan fingerprint density at radius 3 is 2.68 bits per heavy atom. The highest BCUT2D eigenvalue weighted by molar-refractivity contribution is 7.15. The van der Waals surface area contributed by atoms with Crippen LogP contribution in [0.5, 0.6) is 11.5 Å². The summed E-state index contributed by atoms with van der Waals surface area (Å²) in [7, 11) is 1.44. The molecule has 34 heavy (non-hydrogen) atoms. The highest BCUT2D eigenvalue weighted by atomic mass is 32.1. The number of nitrogens with one attached hydrogen (secondary N) is 1. The van der Waals surface area contributed by atoms with E-state index in [0.29, 0.717) is 22.1 Å². The number of methoxy groups -OCH3 is 1. The molecule has 0 aliphatic rings. The number of carbonyl (C=O) groups excluding carboxylic acids is 1. The first-order valence-corrected chi connectivity index (χ1v) is 10.7. The van der Waals surface area contributed by atoms with Crippen LogP contribution >= 0.6 is 11.3 Å². The maximum absolute atomic E-state index is 13.3. The minimum absolute atomic E-state index is 0.0311. The van der Waals surface area contributed by atoms with Gasteiger partial charge in [-0.1, -0.05) is 12.1 Å². The molecule has 0 bridgehead atoms. The minimum Gasteiger partial charge on any atom is -0.505 e. The van der Waals surface area contributed by atoms with Gasteiger partial charge in [-0.25, -0.2) is 8.91 Å². The Kier molecular flexibility index (Phi) is 5.26. The molecule has 0 aliphatic carbocycles. The van der Waals surface area contributed by atoms with Crippen LogP contribution in [-0.2, 0) is 0 Å². The largest absolute Gasteiger partial charge is 0.505 e. The van der Waals surface area contributed by atoms with Crippen molar-refractivity contribution in [2.45, 2.75) is 0 Å². The molecular weight excluding hydrogens is 463 g/mol. The molecular formula is C22H15FN6O4S. The fourth-order valence-electron chi connectivity index (χ4n) is 3.30. The van der Waals surface area contributed by atoms with Crippen LogP contribution in [0.15, 0.2) is 64.8 Å². The molecule has 0 saturated heterocycles. The number of benzene rings is 2. The smallest absolute Gasteiger partial charge is 0.282 e. The number of halogens is 1. The van der Waals surface area contributed by atoms with E-state index in [1.807, 2.05) is 5.38 Å². The maximum atomic E-state index is 13.3. The van der Waals surface area contributed by atoms with Crippen LogP contribution in [-0.4, -0.2) is 42.5 Å². The fourth-order valence-corrected chi connectivity index (χ4v) is 4.13. The van der Waals surface area contributed by atoms with Crippen molar-refractivity contribution < 1.29 is 19.0 Å². The second kappa shape index (κ2) is 8.41. The normalized spacial score (nSPS) is 11.0. The summed E-state index contributed by atoms with van der Waals surface area (Å²) < 4.78 is 21.0. The summed E-state index contributed by atoms with van der Waals surface area (Å²) in [6.07, 6.45) is 0. The van der Waals surface area contributed by atoms with E-state index in [-0.39, 0.29) is 11.8 Å².